The highest BCUT2D eigenvalue weighted by Gasteiger charge is 2.20. The molecule has 1 saturated carbocycles. The minimum Gasteiger partial charge on any atom is -0.314 e. The Bertz CT molecular complexity index is 246. The van der Waals surface area contributed by atoms with Gasteiger partial charge in [0, 0.05) is 6.04 Å². The highest BCUT2D eigenvalue weighted by molar-refractivity contribution is 4.91. The maximum absolute atomic E-state index is 8.94. The molecule has 1 rings (SSSR count). The van der Waals surface area contributed by atoms with Gasteiger partial charge >= 0.3 is 0 Å². The van der Waals surface area contributed by atoms with Crippen LogP contribution in [0.2, 0.25) is 0 Å². The molecule has 0 unspecified atom stereocenters. The van der Waals surface area contributed by atoms with Crippen molar-refractivity contribution >= 4 is 0 Å². The molecule has 1 aliphatic rings. The van der Waals surface area contributed by atoms with E-state index in [1.165, 1.54) is 32.1 Å². The maximum atomic E-state index is 8.94. The fourth-order valence-electron chi connectivity index (χ4n) is 2.72. The third kappa shape index (κ3) is 5.55. The van der Waals surface area contributed by atoms with Crippen LogP contribution in [0.1, 0.15) is 65.7 Å². The molecule has 0 aromatic carbocycles. The van der Waals surface area contributed by atoms with Gasteiger partial charge in [-0.25, -0.2) is 0 Å². The van der Waals surface area contributed by atoms with Crippen LogP contribution < -0.4 is 5.32 Å². The molecule has 0 amide bonds. The molecule has 2 heteroatoms. The van der Waals surface area contributed by atoms with Gasteiger partial charge in [0.1, 0.15) is 0 Å². The Morgan fingerprint density at radius 3 is 2.53 bits per heavy atom. The summed E-state index contributed by atoms with van der Waals surface area (Å²) < 4.78 is 0. The lowest BCUT2D eigenvalue weighted by Gasteiger charge is -2.28. The van der Waals surface area contributed by atoms with Crippen molar-refractivity contribution in [3.8, 4) is 6.07 Å². The van der Waals surface area contributed by atoms with Crippen molar-refractivity contribution in [3.05, 3.63) is 0 Å². The second kappa shape index (κ2) is 7.01. The van der Waals surface area contributed by atoms with Crippen molar-refractivity contribution in [3.63, 3.8) is 0 Å². The van der Waals surface area contributed by atoms with E-state index in [4.69, 9.17) is 5.26 Å². The Morgan fingerprint density at radius 1 is 1.29 bits per heavy atom. The lowest BCUT2D eigenvalue weighted by atomic mass is 9.84. The molecular formula is C15H28N2. The van der Waals surface area contributed by atoms with Gasteiger partial charge in [0.2, 0.25) is 0 Å². The van der Waals surface area contributed by atoms with Crippen LogP contribution in [0.3, 0.4) is 0 Å². The monoisotopic (exact) mass is 236 g/mol. The lowest BCUT2D eigenvalue weighted by molar-refractivity contribution is 0.278. The number of rotatable bonds is 6. The summed E-state index contributed by atoms with van der Waals surface area (Å²) in [6.45, 7) is 7.43. The fourth-order valence-corrected chi connectivity index (χ4v) is 2.72. The van der Waals surface area contributed by atoms with Crippen molar-refractivity contribution < 1.29 is 0 Å². The minimum absolute atomic E-state index is 0.157. The summed E-state index contributed by atoms with van der Waals surface area (Å²) in [5, 5.41) is 12.6. The highest BCUT2D eigenvalue weighted by atomic mass is 14.9. The van der Waals surface area contributed by atoms with Crippen LogP contribution >= 0.6 is 0 Å². The third-order valence-corrected chi connectivity index (χ3v) is 4.10. The quantitative estimate of drug-likeness (QED) is 0.710. The molecule has 0 aromatic rings. The number of hydrogen-bond donors (Lipinski definition) is 1. The summed E-state index contributed by atoms with van der Waals surface area (Å²) in [6.07, 6.45) is 9.16. The first-order valence-electron chi connectivity index (χ1n) is 7.20. The molecule has 0 aromatic heterocycles. The summed E-state index contributed by atoms with van der Waals surface area (Å²) >= 11 is 0. The predicted molar refractivity (Wildman–Crippen MR) is 72.7 cm³/mol. The normalized spacial score (nSPS) is 19.9. The second-order valence-electron chi connectivity index (χ2n) is 6.24. The Labute approximate surface area is 107 Å². The van der Waals surface area contributed by atoms with Gasteiger partial charge in [-0.2, -0.15) is 5.26 Å². The SMILES string of the molecule is C[C@H](NCCCC(C)(C)C#N)C1CCCCC1. The van der Waals surface area contributed by atoms with Gasteiger partial charge in [-0.1, -0.05) is 19.3 Å². The zero-order valence-electron chi connectivity index (χ0n) is 11.8. The Balaban J connectivity index is 2.11. The van der Waals surface area contributed by atoms with E-state index in [2.05, 4.69) is 18.3 Å². The first-order valence-corrected chi connectivity index (χ1v) is 7.20. The van der Waals surface area contributed by atoms with Crippen molar-refractivity contribution in [1.29, 1.82) is 5.26 Å². The van der Waals surface area contributed by atoms with Crippen LogP contribution in [-0.2, 0) is 0 Å². The predicted octanol–water partition coefficient (Wildman–Crippen LogP) is 3.87. The molecule has 2 nitrogen and oxygen atoms in total. The molecule has 0 spiro atoms. The molecule has 0 radical (unpaired) electrons. The summed E-state index contributed by atoms with van der Waals surface area (Å²) in [4.78, 5) is 0. The van der Waals surface area contributed by atoms with E-state index in [0.29, 0.717) is 6.04 Å². The summed E-state index contributed by atoms with van der Waals surface area (Å²) in [5.74, 6) is 0.882. The summed E-state index contributed by atoms with van der Waals surface area (Å²) in [5.41, 5.74) is -0.157. The van der Waals surface area contributed by atoms with Gasteiger partial charge < -0.3 is 5.32 Å². The zero-order chi connectivity index (χ0) is 12.7. The van der Waals surface area contributed by atoms with Crippen LogP contribution in [0.5, 0.6) is 0 Å². The van der Waals surface area contributed by atoms with Crippen LogP contribution in [0.25, 0.3) is 0 Å². The second-order valence-corrected chi connectivity index (χ2v) is 6.24. The topological polar surface area (TPSA) is 35.8 Å². The molecule has 17 heavy (non-hydrogen) atoms. The lowest BCUT2D eigenvalue weighted by Crippen LogP contribution is -2.35. The molecule has 1 atom stereocenters. The van der Waals surface area contributed by atoms with Crippen molar-refractivity contribution in [2.75, 3.05) is 6.54 Å². The van der Waals surface area contributed by atoms with E-state index in [1.807, 2.05) is 13.8 Å². The number of nitrogens with one attached hydrogen (secondary N) is 1. The van der Waals surface area contributed by atoms with Crippen molar-refractivity contribution in [2.24, 2.45) is 11.3 Å². The van der Waals surface area contributed by atoms with Crippen LogP contribution in [-0.4, -0.2) is 12.6 Å². The third-order valence-electron chi connectivity index (χ3n) is 4.10. The molecule has 0 heterocycles. The van der Waals surface area contributed by atoms with E-state index in [0.717, 1.165) is 25.3 Å². The Hall–Kier alpha value is -0.550. The number of nitriles is 1. The summed E-state index contributed by atoms with van der Waals surface area (Å²) in [7, 11) is 0. The molecule has 98 valence electrons. The van der Waals surface area contributed by atoms with E-state index >= 15 is 0 Å². The molecule has 1 aliphatic carbocycles. The molecule has 0 saturated heterocycles. The zero-order valence-corrected chi connectivity index (χ0v) is 11.8. The van der Waals surface area contributed by atoms with Crippen LogP contribution in [0, 0.1) is 22.7 Å². The molecule has 0 aliphatic heterocycles. The minimum atomic E-state index is -0.157. The molecular weight excluding hydrogens is 208 g/mol. The largest absolute Gasteiger partial charge is 0.314 e. The smallest absolute Gasteiger partial charge is 0.0683 e. The molecule has 1 fully saturated rings. The van der Waals surface area contributed by atoms with Crippen LogP contribution in [0.4, 0.5) is 0 Å². The van der Waals surface area contributed by atoms with E-state index in [1.54, 1.807) is 0 Å². The van der Waals surface area contributed by atoms with Gasteiger partial charge in [-0.3, -0.25) is 0 Å². The number of hydrogen-bond acceptors (Lipinski definition) is 2. The Kier molecular flexibility index (Phi) is 5.98. The van der Waals surface area contributed by atoms with Gasteiger partial charge in [0.25, 0.3) is 0 Å². The van der Waals surface area contributed by atoms with Gasteiger partial charge in [-0.05, 0) is 58.9 Å². The van der Waals surface area contributed by atoms with Crippen molar-refractivity contribution in [1.82, 2.24) is 5.32 Å². The highest BCUT2D eigenvalue weighted by Crippen LogP contribution is 2.26. The molecule has 1 N–H and O–H groups in total. The van der Waals surface area contributed by atoms with Crippen molar-refractivity contribution in [2.45, 2.75) is 71.8 Å². The van der Waals surface area contributed by atoms with Gasteiger partial charge in [0.15, 0.2) is 0 Å². The average molecular weight is 236 g/mol. The molecule has 0 bridgehead atoms. The van der Waals surface area contributed by atoms with Crippen LogP contribution in [0.15, 0.2) is 0 Å². The standard InChI is InChI=1S/C15H28N2/c1-13(14-8-5-4-6-9-14)17-11-7-10-15(2,3)12-16/h13-14,17H,4-11H2,1-3H3/t13-/m0/s1. The first-order chi connectivity index (χ1) is 8.05. The van der Waals surface area contributed by atoms with E-state index in [9.17, 15) is 0 Å². The first kappa shape index (κ1) is 14.5. The maximum Gasteiger partial charge on any atom is 0.0683 e. The fraction of sp³-hybridized carbons (Fsp3) is 0.933. The van der Waals surface area contributed by atoms with Gasteiger partial charge in [-0.15, -0.1) is 0 Å². The summed E-state index contributed by atoms with van der Waals surface area (Å²) in [6, 6.07) is 3.02. The van der Waals surface area contributed by atoms with Gasteiger partial charge in [0.05, 0.1) is 11.5 Å². The van der Waals surface area contributed by atoms with E-state index < -0.39 is 0 Å². The Morgan fingerprint density at radius 2 is 1.94 bits per heavy atom. The average Bonchev–Trinajstić information content (AvgIpc) is 2.35. The number of nitrogens with zero attached hydrogens (tertiary/aromatic N) is 1. The van der Waals surface area contributed by atoms with E-state index in [-0.39, 0.29) is 5.41 Å².